The van der Waals surface area contributed by atoms with Crippen molar-refractivity contribution in [2.75, 3.05) is 6.61 Å². The number of allylic oxidation sites excluding steroid dienone is 1. The highest BCUT2D eigenvalue weighted by atomic mass is 19.2. The second kappa shape index (κ2) is 12.1. The summed E-state index contributed by atoms with van der Waals surface area (Å²) in [7, 11) is 0. The zero-order valence-corrected chi connectivity index (χ0v) is 19.2. The van der Waals surface area contributed by atoms with Gasteiger partial charge in [-0.1, -0.05) is 49.8 Å². The molecule has 1 aliphatic carbocycles. The average Bonchev–Trinajstić information content (AvgIpc) is 2.82. The van der Waals surface area contributed by atoms with Crippen molar-refractivity contribution in [3.8, 4) is 5.75 Å². The van der Waals surface area contributed by atoms with E-state index in [1.807, 2.05) is 13.0 Å². The lowest BCUT2D eigenvalue weighted by Crippen LogP contribution is -2.14. The monoisotopic (exact) mass is 458 g/mol. The molecule has 1 saturated carbocycles. The predicted octanol–water partition coefficient (Wildman–Crippen LogP) is 7.88. The molecule has 1 unspecified atom stereocenters. The molecule has 2 nitrogen and oxygen atoms in total. The summed E-state index contributed by atoms with van der Waals surface area (Å²) in [6, 6.07) is 8.00. The molecule has 1 aliphatic rings. The zero-order valence-electron chi connectivity index (χ0n) is 19.2. The van der Waals surface area contributed by atoms with Crippen molar-refractivity contribution in [3.63, 3.8) is 0 Å². The van der Waals surface area contributed by atoms with Crippen LogP contribution >= 0.6 is 0 Å². The molecule has 33 heavy (non-hydrogen) atoms. The van der Waals surface area contributed by atoms with E-state index in [9.17, 15) is 18.3 Å². The van der Waals surface area contributed by atoms with Gasteiger partial charge in [-0.05, 0) is 73.6 Å². The van der Waals surface area contributed by atoms with Gasteiger partial charge in [0, 0.05) is 5.56 Å². The Kier molecular flexibility index (Phi) is 9.19. The van der Waals surface area contributed by atoms with Gasteiger partial charge in [-0.15, -0.1) is 6.58 Å². The first kappa shape index (κ1) is 25.1. The summed E-state index contributed by atoms with van der Waals surface area (Å²) in [6.45, 7) is 5.82. The molecule has 1 N–H and O–H groups in total. The van der Waals surface area contributed by atoms with Gasteiger partial charge in [-0.25, -0.2) is 8.78 Å². The number of aliphatic hydroxyl groups excluding tert-OH is 1. The third kappa shape index (κ3) is 6.50. The molecule has 5 heteroatoms. The number of benzene rings is 2. The minimum Gasteiger partial charge on any atom is -0.490 e. The van der Waals surface area contributed by atoms with Crippen LogP contribution in [0.25, 0.3) is 6.08 Å². The lowest BCUT2D eigenvalue weighted by atomic mass is 9.78. The molecule has 178 valence electrons. The second-order valence-corrected chi connectivity index (χ2v) is 8.76. The SMILES string of the molecule is C=CCCOc1ccc(C2CCC(/C=C/c3ccc(C(O)CCC)cc3F)CC2)c(F)c1F. The van der Waals surface area contributed by atoms with Crippen LogP contribution in [0.1, 0.15) is 80.6 Å². The van der Waals surface area contributed by atoms with E-state index >= 15 is 0 Å². The van der Waals surface area contributed by atoms with Crippen molar-refractivity contribution in [1.82, 2.24) is 0 Å². The smallest absolute Gasteiger partial charge is 0.200 e. The fourth-order valence-electron chi connectivity index (χ4n) is 4.41. The Balaban J connectivity index is 1.58. The van der Waals surface area contributed by atoms with E-state index in [-0.39, 0.29) is 30.0 Å². The van der Waals surface area contributed by atoms with Crippen LogP contribution in [0.15, 0.2) is 49.1 Å². The Bertz CT molecular complexity index is 962. The minimum atomic E-state index is -0.929. The van der Waals surface area contributed by atoms with Crippen LogP contribution in [0.4, 0.5) is 13.2 Å². The number of rotatable bonds is 10. The van der Waals surface area contributed by atoms with Crippen molar-refractivity contribution < 1.29 is 23.0 Å². The molecule has 0 spiro atoms. The first-order valence-electron chi connectivity index (χ1n) is 11.8. The summed E-state index contributed by atoms with van der Waals surface area (Å²) >= 11 is 0. The van der Waals surface area contributed by atoms with Gasteiger partial charge in [0.15, 0.2) is 11.6 Å². The molecule has 0 bridgehead atoms. The summed E-state index contributed by atoms with van der Waals surface area (Å²) in [4.78, 5) is 0. The molecule has 2 aromatic carbocycles. The van der Waals surface area contributed by atoms with Gasteiger partial charge in [-0.2, -0.15) is 4.39 Å². The Morgan fingerprint density at radius 1 is 1.09 bits per heavy atom. The van der Waals surface area contributed by atoms with Gasteiger partial charge in [-0.3, -0.25) is 0 Å². The maximum atomic E-state index is 14.7. The Morgan fingerprint density at radius 3 is 2.52 bits per heavy atom. The first-order chi connectivity index (χ1) is 15.9. The normalized spacial score (nSPS) is 19.5. The fraction of sp³-hybridized carbons (Fsp3) is 0.429. The minimum absolute atomic E-state index is 0.0394. The topological polar surface area (TPSA) is 29.5 Å². The van der Waals surface area contributed by atoms with E-state index in [4.69, 9.17) is 4.74 Å². The van der Waals surface area contributed by atoms with Gasteiger partial charge >= 0.3 is 0 Å². The largest absolute Gasteiger partial charge is 0.490 e. The number of hydrogen-bond acceptors (Lipinski definition) is 2. The van der Waals surface area contributed by atoms with Crippen LogP contribution in [-0.2, 0) is 0 Å². The highest BCUT2D eigenvalue weighted by Gasteiger charge is 2.26. The lowest BCUT2D eigenvalue weighted by molar-refractivity contribution is 0.166. The average molecular weight is 459 g/mol. The van der Waals surface area contributed by atoms with Crippen LogP contribution < -0.4 is 4.74 Å². The summed E-state index contributed by atoms with van der Waals surface area (Å²) in [5.41, 5.74) is 1.49. The van der Waals surface area contributed by atoms with Gasteiger partial charge in [0.25, 0.3) is 0 Å². The van der Waals surface area contributed by atoms with Crippen LogP contribution in [0.5, 0.6) is 5.75 Å². The molecule has 2 aromatic rings. The molecular weight excluding hydrogens is 425 g/mol. The van der Waals surface area contributed by atoms with E-state index in [2.05, 4.69) is 6.58 Å². The quantitative estimate of drug-likeness (QED) is 0.290. The van der Waals surface area contributed by atoms with Crippen molar-refractivity contribution in [3.05, 3.63) is 83.2 Å². The molecule has 1 fully saturated rings. The zero-order chi connectivity index (χ0) is 23.8. The van der Waals surface area contributed by atoms with E-state index in [1.54, 1.807) is 30.4 Å². The third-order valence-corrected chi connectivity index (χ3v) is 6.39. The maximum Gasteiger partial charge on any atom is 0.200 e. The van der Waals surface area contributed by atoms with Crippen molar-refractivity contribution in [1.29, 1.82) is 0 Å². The molecule has 1 atom stereocenters. The predicted molar refractivity (Wildman–Crippen MR) is 127 cm³/mol. The van der Waals surface area contributed by atoms with Crippen molar-refractivity contribution in [2.24, 2.45) is 5.92 Å². The summed E-state index contributed by atoms with van der Waals surface area (Å²) in [5.74, 6) is -1.94. The van der Waals surface area contributed by atoms with Gasteiger partial charge in [0.1, 0.15) is 5.82 Å². The molecule has 3 rings (SSSR count). The Hall–Kier alpha value is -2.53. The number of hydrogen-bond donors (Lipinski definition) is 1. The number of ether oxygens (including phenoxy) is 1. The van der Waals surface area contributed by atoms with Crippen LogP contribution in [-0.4, -0.2) is 11.7 Å². The van der Waals surface area contributed by atoms with E-state index in [0.717, 1.165) is 32.1 Å². The van der Waals surface area contributed by atoms with Crippen LogP contribution in [0.3, 0.4) is 0 Å². The number of aliphatic hydroxyl groups is 1. The molecule has 0 radical (unpaired) electrons. The molecular formula is C28H33F3O2. The summed E-state index contributed by atoms with van der Waals surface area (Å²) in [5, 5.41) is 10.0. The number of halogens is 3. The molecule has 0 heterocycles. The summed E-state index contributed by atoms with van der Waals surface area (Å²) in [6.07, 6.45) is 9.95. The first-order valence-corrected chi connectivity index (χ1v) is 11.8. The van der Waals surface area contributed by atoms with Gasteiger partial charge in [0.05, 0.1) is 12.7 Å². The molecule has 0 aliphatic heterocycles. The molecule has 0 saturated heterocycles. The third-order valence-electron chi connectivity index (χ3n) is 6.39. The Morgan fingerprint density at radius 2 is 1.85 bits per heavy atom. The van der Waals surface area contributed by atoms with E-state index in [1.165, 1.54) is 12.1 Å². The highest BCUT2D eigenvalue weighted by Crippen LogP contribution is 2.39. The molecule has 0 amide bonds. The van der Waals surface area contributed by atoms with Crippen LogP contribution in [0, 0.1) is 23.4 Å². The second-order valence-electron chi connectivity index (χ2n) is 8.76. The molecule has 0 aromatic heterocycles. The van der Waals surface area contributed by atoms with E-state index in [0.29, 0.717) is 29.5 Å². The van der Waals surface area contributed by atoms with Crippen molar-refractivity contribution >= 4 is 6.08 Å². The van der Waals surface area contributed by atoms with Gasteiger partial charge < -0.3 is 9.84 Å². The van der Waals surface area contributed by atoms with E-state index < -0.39 is 17.7 Å². The van der Waals surface area contributed by atoms with Crippen molar-refractivity contribution in [2.45, 2.75) is 63.9 Å². The summed E-state index contributed by atoms with van der Waals surface area (Å²) < 4.78 is 48.8. The maximum absolute atomic E-state index is 14.7. The fourth-order valence-corrected chi connectivity index (χ4v) is 4.41. The Labute approximate surface area is 194 Å². The van der Waals surface area contributed by atoms with Crippen LogP contribution in [0.2, 0.25) is 0 Å². The van der Waals surface area contributed by atoms with Gasteiger partial charge in [0.2, 0.25) is 5.82 Å². The standard InChI is InChI=1S/C28H33F3O2/c1-3-5-17-33-26-16-15-23(27(30)28(26)31)20-10-7-19(8-11-20)9-12-21-13-14-22(18-24(21)29)25(32)6-4-2/h3,9,12-16,18-20,25,32H,1,4-8,10-11,17H2,2H3/b12-9+. The highest BCUT2D eigenvalue weighted by molar-refractivity contribution is 5.51. The lowest BCUT2D eigenvalue weighted by Gasteiger charge is -2.27.